The van der Waals surface area contributed by atoms with Crippen LogP contribution >= 0.6 is 0 Å². The number of hydrogen-bond acceptors (Lipinski definition) is 5. The number of likely N-dealkylation sites (tertiary alicyclic amines) is 1. The molecular formula is C28H35N3O5. The minimum Gasteiger partial charge on any atom is -0.497 e. The van der Waals surface area contributed by atoms with Crippen LogP contribution in [0, 0.1) is 6.92 Å². The second-order valence-electron chi connectivity index (χ2n) is 9.65. The molecule has 0 saturated carbocycles. The van der Waals surface area contributed by atoms with Gasteiger partial charge in [0.1, 0.15) is 17.5 Å². The maximum Gasteiger partial charge on any atom is 0.256 e. The van der Waals surface area contributed by atoms with Gasteiger partial charge >= 0.3 is 0 Å². The lowest BCUT2D eigenvalue weighted by molar-refractivity contribution is -0.128. The van der Waals surface area contributed by atoms with Crippen LogP contribution in [-0.2, 0) is 9.53 Å². The molecule has 0 radical (unpaired) electrons. The molecule has 0 bridgehead atoms. The second kappa shape index (κ2) is 10.7. The van der Waals surface area contributed by atoms with Gasteiger partial charge in [0.05, 0.1) is 13.7 Å². The zero-order chi connectivity index (χ0) is 25.9. The molecule has 2 aromatic carbocycles. The summed E-state index contributed by atoms with van der Waals surface area (Å²) in [6.07, 6.45) is 1.65. The van der Waals surface area contributed by atoms with Crippen LogP contribution in [0.3, 0.4) is 0 Å². The molecule has 0 aliphatic carbocycles. The van der Waals surface area contributed by atoms with Crippen molar-refractivity contribution in [1.82, 2.24) is 15.1 Å². The maximum atomic E-state index is 13.8. The second-order valence-corrected chi connectivity index (χ2v) is 9.65. The van der Waals surface area contributed by atoms with Crippen LogP contribution in [0.1, 0.15) is 59.4 Å². The monoisotopic (exact) mass is 493 g/mol. The topological polar surface area (TPSA) is 88.2 Å². The first-order valence-electron chi connectivity index (χ1n) is 12.6. The van der Waals surface area contributed by atoms with E-state index in [1.54, 1.807) is 53.3 Å². The summed E-state index contributed by atoms with van der Waals surface area (Å²) < 4.78 is 11.4. The summed E-state index contributed by atoms with van der Waals surface area (Å²) in [7, 11) is 1.59. The molecule has 1 spiro atoms. The predicted octanol–water partition coefficient (Wildman–Crippen LogP) is 3.39. The third kappa shape index (κ3) is 5.09. The number of ether oxygens (including phenoxy) is 2. The summed E-state index contributed by atoms with van der Waals surface area (Å²) in [6, 6.07) is 13.7. The van der Waals surface area contributed by atoms with Gasteiger partial charge in [-0.15, -0.1) is 0 Å². The fourth-order valence-electron chi connectivity index (χ4n) is 4.82. The third-order valence-corrected chi connectivity index (χ3v) is 7.25. The Morgan fingerprint density at radius 3 is 2.19 bits per heavy atom. The molecule has 2 fully saturated rings. The Morgan fingerprint density at radius 2 is 1.61 bits per heavy atom. The van der Waals surface area contributed by atoms with Crippen molar-refractivity contribution in [2.75, 3.05) is 26.8 Å². The van der Waals surface area contributed by atoms with Gasteiger partial charge in [0, 0.05) is 43.1 Å². The maximum absolute atomic E-state index is 13.8. The van der Waals surface area contributed by atoms with E-state index < -0.39 is 11.8 Å². The summed E-state index contributed by atoms with van der Waals surface area (Å²) in [6.45, 7) is 6.88. The Morgan fingerprint density at radius 1 is 1.03 bits per heavy atom. The highest BCUT2D eigenvalue weighted by Crippen LogP contribution is 2.39. The summed E-state index contributed by atoms with van der Waals surface area (Å²) in [5.41, 5.74) is 1.22. The number of nitrogens with zero attached hydrogens (tertiary/aromatic N) is 2. The number of aryl methyl sites for hydroxylation is 1. The first-order chi connectivity index (χ1) is 17.3. The highest BCUT2D eigenvalue weighted by Gasteiger charge is 2.54. The molecule has 2 atom stereocenters. The summed E-state index contributed by atoms with van der Waals surface area (Å²) >= 11 is 0. The fraction of sp³-hybridized carbons (Fsp3) is 0.464. The van der Waals surface area contributed by atoms with Crippen molar-refractivity contribution in [3.63, 3.8) is 0 Å². The molecule has 2 saturated heterocycles. The zero-order valence-corrected chi connectivity index (χ0v) is 21.5. The molecule has 8 nitrogen and oxygen atoms in total. The van der Waals surface area contributed by atoms with Crippen molar-refractivity contribution in [1.29, 1.82) is 0 Å². The van der Waals surface area contributed by atoms with Gasteiger partial charge in [0.25, 0.3) is 11.8 Å². The number of hydrogen-bond donors (Lipinski definition) is 1. The Hall–Kier alpha value is -3.39. The van der Waals surface area contributed by atoms with E-state index in [4.69, 9.17) is 9.47 Å². The quantitative estimate of drug-likeness (QED) is 0.667. The van der Waals surface area contributed by atoms with Gasteiger partial charge in [-0.05, 0) is 56.7 Å². The van der Waals surface area contributed by atoms with Crippen molar-refractivity contribution in [2.24, 2.45) is 0 Å². The number of carbonyl (C=O) groups excluding carboxylic acids is 3. The fourth-order valence-corrected chi connectivity index (χ4v) is 4.82. The van der Waals surface area contributed by atoms with Crippen molar-refractivity contribution >= 4 is 17.7 Å². The largest absolute Gasteiger partial charge is 0.497 e. The van der Waals surface area contributed by atoms with Crippen molar-refractivity contribution in [3.05, 3.63) is 65.2 Å². The standard InChI is InChI=1S/C28H35N3O5/c1-5-20(3)29-25(32)24-18-36-28(31(24)27(34)22-8-6-19(2)7-9-22)14-16-30(17-15-28)26(33)21-10-12-23(35-4)13-11-21/h6-13,20,24H,5,14-18H2,1-4H3,(H,29,32)/t20-,24+/m1/s1. The Balaban J connectivity index is 1.55. The van der Waals surface area contributed by atoms with Gasteiger partial charge < -0.3 is 19.7 Å². The predicted molar refractivity (Wildman–Crippen MR) is 136 cm³/mol. The number of nitrogens with one attached hydrogen (secondary N) is 1. The molecule has 8 heteroatoms. The normalized spacial score (nSPS) is 19.7. The van der Waals surface area contributed by atoms with E-state index in [1.165, 1.54) is 0 Å². The molecular weight excluding hydrogens is 458 g/mol. The van der Waals surface area contributed by atoms with E-state index in [9.17, 15) is 14.4 Å². The lowest BCUT2D eigenvalue weighted by atomic mass is 9.96. The van der Waals surface area contributed by atoms with E-state index in [2.05, 4.69) is 5.32 Å². The molecule has 192 valence electrons. The van der Waals surface area contributed by atoms with E-state index in [0.29, 0.717) is 42.8 Å². The van der Waals surface area contributed by atoms with Crippen LogP contribution in [0.4, 0.5) is 0 Å². The number of methoxy groups -OCH3 is 1. The lowest BCUT2D eigenvalue weighted by Gasteiger charge is -2.44. The number of piperidine rings is 1. The molecule has 1 N–H and O–H groups in total. The van der Waals surface area contributed by atoms with Gasteiger partial charge in [0.2, 0.25) is 5.91 Å². The molecule has 0 aromatic heterocycles. The van der Waals surface area contributed by atoms with E-state index in [1.807, 2.05) is 32.9 Å². The molecule has 2 aliphatic heterocycles. The average Bonchev–Trinajstić information content (AvgIpc) is 3.27. The molecule has 0 unspecified atom stereocenters. The van der Waals surface area contributed by atoms with E-state index in [0.717, 1.165) is 12.0 Å². The smallest absolute Gasteiger partial charge is 0.256 e. The SMILES string of the molecule is CC[C@@H](C)NC(=O)[C@@H]1COC2(CCN(C(=O)c3ccc(OC)cc3)CC2)N1C(=O)c1ccc(C)cc1. The number of rotatable bonds is 6. The van der Waals surface area contributed by atoms with Gasteiger partial charge in [-0.3, -0.25) is 19.3 Å². The number of carbonyl (C=O) groups is 3. The minimum absolute atomic E-state index is 0.00524. The van der Waals surface area contributed by atoms with Crippen molar-refractivity contribution in [2.45, 2.75) is 57.8 Å². The van der Waals surface area contributed by atoms with Crippen molar-refractivity contribution in [3.8, 4) is 5.75 Å². The molecule has 2 aliphatic rings. The zero-order valence-electron chi connectivity index (χ0n) is 21.5. The highest BCUT2D eigenvalue weighted by atomic mass is 16.5. The van der Waals surface area contributed by atoms with Gasteiger partial charge in [-0.25, -0.2) is 0 Å². The molecule has 3 amide bonds. The summed E-state index contributed by atoms with van der Waals surface area (Å²) in [4.78, 5) is 43.5. The van der Waals surface area contributed by atoms with Crippen molar-refractivity contribution < 1.29 is 23.9 Å². The van der Waals surface area contributed by atoms with Crippen LogP contribution in [0.2, 0.25) is 0 Å². The molecule has 2 aromatic rings. The Labute approximate surface area is 212 Å². The molecule has 2 heterocycles. The Kier molecular flexibility index (Phi) is 7.64. The van der Waals surface area contributed by atoms with Crippen LogP contribution in [0.15, 0.2) is 48.5 Å². The van der Waals surface area contributed by atoms with Gasteiger partial charge in [0.15, 0.2) is 0 Å². The van der Waals surface area contributed by atoms with Crippen LogP contribution in [0.5, 0.6) is 5.75 Å². The van der Waals surface area contributed by atoms with Gasteiger partial charge in [-0.2, -0.15) is 0 Å². The number of benzene rings is 2. The summed E-state index contributed by atoms with van der Waals surface area (Å²) in [5.74, 6) is 0.175. The van der Waals surface area contributed by atoms with E-state index in [-0.39, 0.29) is 30.4 Å². The highest BCUT2D eigenvalue weighted by molar-refractivity contribution is 5.98. The average molecular weight is 494 g/mol. The first-order valence-corrected chi connectivity index (χ1v) is 12.6. The number of amides is 3. The minimum atomic E-state index is -0.934. The van der Waals surface area contributed by atoms with E-state index >= 15 is 0 Å². The molecule has 36 heavy (non-hydrogen) atoms. The summed E-state index contributed by atoms with van der Waals surface area (Å²) in [5, 5.41) is 3.01. The third-order valence-electron chi connectivity index (χ3n) is 7.25. The first kappa shape index (κ1) is 25.7. The Bertz CT molecular complexity index is 1090. The van der Waals surface area contributed by atoms with Crippen LogP contribution in [-0.4, -0.2) is 72.1 Å². The lowest BCUT2D eigenvalue weighted by Crippen LogP contribution is -2.60. The molecule has 4 rings (SSSR count). The van der Waals surface area contributed by atoms with Gasteiger partial charge in [-0.1, -0.05) is 24.6 Å². The van der Waals surface area contributed by atoms with Crippen LogP contribution < -0.4 is 10.1 Å². The van der Waals surface area contributed by atoms with Crippen LogP contribution in [0.25, 0.3) is 0 Å².